The van der Waals surface area contributed by atoms with Crippen molar-refractivity contribution in [3.63, 3.8) is 0 Å². The summed E-state index contributed by atoms with van der Waals surface area (Å²) in [6.45, 7) is 0. The van der Waals surface area contributed by atoms with Crippen molar-refractivity contribution in [2.75, 3.05) is 0 Å². The van der Waals surface area contributed by atoms with Crippen LogP contribution in [0.5, 0.6) is 5.75 Å². The SMILES string of the molecule is O=[PH](O)Oc1ccccc1.[Cl-].[Cl-].[Zr+4].c1ccc2[cH-]ccc2c1.c1ccc2[cH-]ccc2c1. The van der Waals surface area contributed by atoms with E-state index in [1.807, 2.05) is 0 Å². The molecule has 5 aromatic carbocycles. The minimum absolute atomic E-state index is 0. The Kier molecular flexibility index (Phi) is 15.2. The van der Waals surface area contributed by atoms with E-state index >= 15 is 0 Å². The molecule has 5 rings (SSSR count). The first-order valence-corrected chi connectivity index (χ1v) is 10.2. The Morgan fingerprint density at radius 3 is 1.48 bits per heavy atom. The van der Waals surface area contributed by atoms with Crippen LogP contribution in [0.1, 0.15) is 0 Å². The molecule has 0 aliphatic heterocycles. The fourth-order valence-corrected chi connectivity index (χ4v) is 3.07. The van der Waals surface area contributed by atoms with Gasteiger partial charge in [-0.15, -0.1) is 59.3 Å². The summed E-state index contributed by atoms with van der Waals surface area (Å²) in [6.07, 6.45) is 0. The van der Waals surface area contributed by atoms with Gasteiger partial charge in [-0.05, 0) is 12.1 Å². The minimum atomic E-state index is -2.84. The molecule has 0 spiro atoms. The molecule has 1 atom stereocenters. The third kappa shape index (κ3) is 10.00. The molecule has 0 saturated heterocycles. The van der Waals surface area contributed by atoms with Crippen LogP contribution in [-0.4, -0.2) is 4.89 Å². The van der Waals surface area contributed by atoms with Gasteiger partial charge in [0, 0.05) is 0 Å². The fourth-order valence-electron chi connectivity index (χ4n) is 2.73. The summed E-state index contributed by atoms with van der Waals surface area (Å²) in [4.78, 5) is 8.33. The molecule has 0 fully saturated rings. The van der Waals surface area contributed by atoms with Crippen molar-refractivity contribution in [2.45, 2.75) is 0 Å². The van der Waals surface area contributed by atoms with Crippen molar-refractivity contribution in [2.24, 2.45) is 0 Å². The minimum Gasteiger partial charge on any atom is -1.00 e. The Morgan fingerprint density at radius 1 is 0.645 bits per heavy atom. The number of para-hydroxylation sites is 1. The number of hydrogen-bond donors (Lipinski definition) is 1. The van der Waals surface area contributed by atoms with E-state index in [2.05, 4.69) is 89.5 Å². The van der Waals surface area contributed by atoms with Crippen LogP contribution >= 0.6 is 8.25 Å². The monoisotopic (exact) mass is 548 g/mol. The fraction of sp³-hybridized carbons (Fsp3) is 0. The maximum absolute atomic E-state index is 10.1. The standard InChI is InChI=1S/2C9H7.C6H7O3P.2ClH.Zr/c2*1-2-5-9-7-3-6-8(9)4-1;7-10(8)9-6-4-2-1-3-5-6;;;/h2*1-7H;1-5,10H,(H,7,8);2*1H;/q2*-1;;;;+4/p-2. The molecule has 1 unspecified atom stereocenters. The predicted octanol–water partition coefficient (Wildman–Crippen LogP) is 0.570. The van der Waals surface area contributed by atoms with E-state index in [0.717, 1.165) is 0 Å². The number of fused-ring (bicyclic) bond motifs is 2. The largest absolute Gasteiger partial charge is 4.00 e. The van der Waals surface area contributed by atoms with E-state index in [1.54, 1.807) is 30.3 Å². The van der Waals surface area contributed by atoms with E-state index < -0.39 is 8.25 Å². The summed E-state index contributed by atoms with van der Waals surface area (Å²) < 4.78 is 14.6. The first kappa shape index (κ1) is 29.3. The normalized spacial score (nSPS) is 9.97. The Hall–Kier alpha value is -1.67. The number of benzene rings is 3. The van der Waals surface area contributed by atoms with Gasteiger partial charge in [0.1, 0.15) is 5.75 Å². The van der Waals surface area contributed by atoms with E-state index in [4.69, 9.17) is 4.89 Å². The third-order valence-electron chi connectivity index (χ3n) is 4.04. The van der Waals surface area contributed by atoms with Crippen LogP contribution in [0.4, 0.5) is 0 Å². The second-order valence-corrected chi connectivity index (χ2v) is 6.73. The van der Waals surface area contributed by atoms with Gasteiger partial charge in [-0.1, -0.05) is 30.3 Å². The summed E-state index contributed by atoms with van der Waals surface area (Å²) in [7, 11) is -2.84. The molecule has 0 aliphatic rings. The molecular formula is C24H21Cl2O3PZr. The van der Waals surface area contributed by atoms with Crippen LogP contribution in [0.3, 0.4) is 0 Å². The quantitative estimate of drug-likeness (QED) is 0.259. The van der Waals surface area contributed by atoms with E-state index in [0.29, 0.717) is 5.75 Å². The van der Waals surface area contributed by atoms with Crippen LogP contribution < -0.4 is 29.3 Å². The van der Waals surface area contributed by atoms with Gasteiger partial charge in [-0.2, -0.15) is 35.0 Å². The molecule has 158 valence electrons. The Labute approximate surface area is 214 Å². The third-order valence-corrected chi connectivity index (χ3v) is 4.45. The molecule has 7 heteroatoms. The predicted molar refractivity (Wildman–Crippen MR) is 117 cm³/mol. The zero-order valence-corrected chi connectivity index (χ0v) is 21.5. The molecule has 0 heterocycles. The average Bonchev–Trinajstić information content (AvgIpc) is 3.38. The summed E-state index contributed by atoms with van der Waals surface area (Å²) in [6, 6.07) is 37.9. The van der Waals surface area contributed by atoms with Crippen LogP contribution in [0.25, 0.3) is 21.5 Å². The maximum atomic E-state index is 10.1. The van der Waals surface area contributed by atoms with Gasteiger partial charge < -0.3 is 34.2 Å². The molecule has 0 aromatic heterocycles. The van der Waals surface area contributed by atoms with Crippen LogP contribution in [0, 0.1) is 0 Å². The Bertz CT molecular complexity index is 1020. The Morgan fingerprint density at radius 2 is 1.06 bits per heavy atom. The van der Waals surface area contributed by atoms with Crippen LogP contribution in [0.2, 0.25) is 0 Å². The summed E-state index contributed by atoms with van der Waals surface area (Å²) in [5, 5.41) is 5.32. The molecule has 0 aliphatic carbocycles. The van der Waals surface area contributed by atoms with Gasteiger partial charge in [-0.3, -0.25) is 0 Å². The number of hydrogen-bond acceptors (Lipinski definition) is 2. The van der Waals surface area contributed by atoms with Gasteiger partial charge in [-0.25, -0.2) is 4.57 Å². The molecule has 0 bridgehead atoms. The Balaban J connectivity index is 0.000000416. The van der Waals surface area contributed by atoms with Crippen molar-refractivity contribution in [3.8, 4) is 5.75 Å². The van der Waals surface area contributed by atoms with Crippen molar-refractivity contribution >= 4 is 29.8 Å². The van der Waals surface area contributed by atoms with Gasteiger partial charge in [0.15, 0.2) is 0 Å². The van der Waals surface area contributed by atoms with Gasteiger partial charge in [0.05, 0.1) is 0 Å². The molecule has 5 aromatic rings. The molecular weight excluding hydrogens is 529 g/mol. The van der Waals surface area contributed by atoms with E-state index in [1.165, 1.54) is 21.5 Å². The first-order valence-electron chi connectivity index (χ1n) is 8.89. The molecule has 3 nitrogen and oxygen atoms in total. The second-order valence-electron chi connectivity index (χ2n) is 5.99. The molecule has 31 heavy (non-hydrogen) atoms. The van der Waals surface area contributed by atoms with Crippen molar-refractivity contribution in [3.05, 3.63) is 115 Å². The summed E-state index contributed by atoms with van der Waals surface area (Å²) in [5.74, 6) is 0.425. The van der Waals surface area contributed by atoms with Gasteiger partial charge >= 0.3 is 34.5 Å². The second kappa shape index (κ2) is 16.0. The smallest absolute Gasteiger partial charge is 1.00 e. The van der Waals surface area contributed by atoms with E-state index in [-0.39, 0.29) is 51.0 Å². The van der Waals surface area contributed by atoms with Crippen molar-refractivity contribution in [1.29, 1.82) is 0 Å². The van der Waals surface area contributed by atoms with E-state index in [9.17, 15) is 4.57 Å². The topological polar surface area (TPSA) is 46.5 Å². The van der Waals surface area contributed by atoms with Crippen molar-refractivity contribution < 1.29 is 65.0 Å². The first-order chi connectivity index (χ1) is 13.7. The molecule has 1 N–H and O–H groups in total. The van der Waals surface area contributed by atoms with Crippen LogP contribution in [-0.2, 0) is 30.8 Å². The zero-order chi connectivity index (χ0) is 19.6. The molecule has 0 radical (unpaired) electrons. The van der Waals surface area contributed by atoms with Gasteiger partial charge in [0.2, 0.25) is 0 Å². The van der Waals surface area contributed by atoms with Crippen molar-refractivity contribution in [1.82, 2.24) is 0 Å². The summed E-state index contributed by atoms with van der Waals surface area (Å²) in [5.41, 5.74) is 0. The number of rotatable bonds is 2. The van der Waals surface area contributed by atoms with Crippen LogP contribution in [0.15, 0.2) is 115 Å². The zero-order valence-electron chi connectivity index (χ0n) is 16.5. The maximum Gasteiger partial charge on any atom is 4.00 e. The number of halogens is 2. The average molecular weight is 551 g/mol. The molecule has 0 saturated carbocycles. The molecule has 0 amide bonds. The van der Waals surface area contributed by atoms with Gasteiger partial charge in [0.25, 0.3) is 0 Å². The summed E-state index contributed by atoms with van der Waals surface area (Å²) >= 11 is 0.